The maximum absolute atomic E-state index is 11.9. The van der Waals surface area contributed by atoms with Gasteiger partial charge in [-0.15, -0.1) is 0 Å². The van der Waals surface area contributed by atoms with Crippen LogP contribution in [0.4, 0.5) is 0 Å². The molecule has 1 fully saturated rings. The van der Waals surface area contributed by atoms with Crippen LogP contribution in [-0.2, 0) is 0 Å². The third kappa shape index (κ3) is 3.94. The highest BCUT2D eigenvalue weighted by Crippen LogP contribution is 2.39. The zero-order chi connectivity index (χ0) is 17.1. The van der Waals surface area contributed by atoms with E-state index in [2.05, 4.69) is 34.3 Å². The lowest BCUT2D eigenvalue weighted by atomic mass is 10.1. The van der Waals surface area contributed by atoms with E-state index in [0.717, 1.165) is 11.5 Å². The Morgan fingerprint density at radius 2 is 1.88 bits per heavy atom. The molecule has 1 saturated carbocycles. The molecule has 0 bridgehead atoms. The Labute approximate surface area is 141 Å². The van der Waals surface area contributed by atoms with Gasteiger partial charge in [0.15, 0.2) is 5.69 Å². The molecule has 0 unspecified atom stereocenters. The van der Waals surface area contributed by atoms with Crippen LogP contribution in [0.15, 0.2) is 36.5 Å². The second-order valence-corrected chi connectivity index (χ2v) is 6.37. The molecule has 0 aliphatic heterocycles. The summed E-state index contributed by atoms with van der Waals surface area (Å²) in [4.78, 5) is 15.9. The van der Waals surface area contributed by atoms with Gasteiger partial charge in [0.25, 0.3) is 5.91 Å². The van der Waals surface area contributed by atoms with Crippen LogP contribution in [0.5, 0.6) is 5.75 Å². The standard InChI is InChI=1S/C20H20N2O2/c1-13(2)22-20(24)19-18(23)11-15(12-21-19)4-3-14-5-7-16(8-6-14)17-9-10-17/h5-8,11-13,17,23H,9-10H2,1-2H3,(H,22,24). The van der Waals surface area contributed by atoms with E-state index in [-0.39, 0.29) is 17.5 Å². The SMILES string of the molecule is CC(C)NC(=O)c1ncc(C#Cc2ccc(C3CC3)cc2)cc1O. The van der Waals surface area contributed by atoms with E-state index in [1.165, 1.54) is 30.7 Å². The summed E-state index contributed by atoms with van der Waals surface area (Å²) < 4.78 is 0. The van der Waals surface area contributed by atoms with Gasteiger partial charge in [0.2, 0.25) is 0 Å². The Morgan fingerprint density at radius 3 is 2.46 bits per heavy atom. The second kappa shape index (κ2) is 6.76. The van der Waals surface area contributed by atoms with Crippen molar-refractivity contribution >= 4 is 5.91 Å². The number of hydrogen-bond acceptors (Lipinski definition) is 3. The number of nitrogens with one attached hydrogen (secondary N) is 1. The second-order valence-electron chi connectivity index (χ2n) is 6.37. The normalized spacial score (nSPS) is 13.3. The van der Waals surface area contributed by atoms with Gasteiger partial charge in [-0.05, 0) is 56.4 Å². The molecule has 122 valence electrons. The molecule has 1 amide bonds. The van der Waals surface area contributed by atoms with Crippen molar-refractivity contribution in [2.75, 3.05) is 0 Å². The molecule has 1 aliphatic carbocycles. The molecule has 0 radical (unpaired) electrons. The molecular weight excluding hydrogens is 300 g/mol. The van der Waals surface area contributed by atoms with Crippen molar-refractivity contribution in [3.8, 4) is 17.6 Å². The third-order valence-electron chi connectivity index (χ3n) is 3.81. The number of aromatic nitrogens is 1. The monoisotopic (exact) mass is 320 g/mol. The van der Waals surface area contributed by atoms with Crippen LogP contribution in [0.25, 0.3) is 0 Å². The van der Waals surface area contributed by atoms with Crippen molar-refractivity contribution in [2.45, 2.75) is 38.6 Å². The van der Waals surface area contributed by atoms with Gasteiger partial charge in [0.05, 0.1) is 0 Å². The highest BCUT2D eigenvalue weighted by atomic mass is 16.3. The first-order valence-electron chi connectivity index (χ1n) is 8.15. The zero-order valence-corrected chi connectivity index (χ0v) is 13.8. The molecule has 1 aromatic carbocycles. The molecule has 2 aromatic rings. The average Bonchev–Trinajstić information content (AvgIpc) is 3.37. The lowest BCUT2D eigenvalue weighted by molar-refractivity contribution is 0.0935. The first-order chi connectivity index (χ1) is 11.5. The molecule has 1 aromatic heterocycles. The largest absolute Gasteiger partial charge is 0.505 e. The smallest absolute Gasteiger partial charge is 0.273 e. The van der Waals surface area contributed by atoms with Crippen molar-refractivity contribution in [1.29, 1.82) is 0 Å². The minimum atomic E-state index is -0.391. The summed E-state index contributed by atoms with van der Waals surface area (Å²) in [6, 6.07) is 9.72. The van der Waals surface area contributed by atoms with Crippen LogP contribution in [0, 0.1) is 11.8 Å². The Morgan fingerprint density at radius 1 is 1.21 bits per heavy atom. The van der Waals surface area contributed by atoms with Gasteiger partial charge in [-0.1, -0.05) is 24.0 Å². The molecule has 0 saturated heterocycles. The van der Waals surface area contributed by atoms with E-state index in [9.17, 15) is 9.90 Å². The van der Waals surface area contributed by atoms with Crippen molar-refractivity contribution < 1.29 is 9.90 Å². The third-order valence-corrected chi connectivity index (χ3v) is 3.81. The summed E-state index contributed by atoms with van der Waals surface area (Å²) in [7, 11) is 0. The van der Waals surface area contributed by atoms with Crippen LogP contribution < -0.4 is 5.32 Å². The van der Waals surface area contributed by atoms with Gasteiger partial charge >= 0.3 is 0 Å². The van der Waals surface area contributed by atoms with Gasteiger partial charge in [0, 0.05) is 23.4 Å². The fraction of sp³-hybridized carbons (Fsp3) is 0.300. The predicted molar refractivity (Wildman–Crippen MR) is 92.9 cm³/mol. The Balaban J connectivity index is 1.74. The molecule has 4 nitrogen and oxygen atoms in total. The van der Waals surface area contributed by atoms with Crippen LogP contribution in [0.2, 0.25) is 0 Å². The number of rotatable bonds is 3. The summed E-state index contributed by atoms with van der Waals surface area (Å²) in [6.45, 7) is 3.70. The summed E-state index contributed by atoms with van der Waals surface area (Å²) in [5.74, 6) is 6.20. The molecule has 0 atom stereocenters. The Bertz CT molecular complexity index is 810. The molecule has 0 spiro atoms. The predicted octanol–water partition coefficient (Wildman–Crippen LogP) is 3.20. The fourth-order valence-corrected chi connectivity index (χ4v) is 2.43. The van der Waals surface area contributed by atoms with Crippen LogP contribution in [0.3, 0.4) is 0 Å². The minimum absolute atomic E-state index is 0.0167. The summed E-state index contributed by atoms with van der Waals surface area (Å²) in [5.41, 5.74) is 2.88. The number of carbonyl (C=O) groups is 1. The van der Waals surface area contributed by atoms with Crippen molar-refractivity contribution in [2.24, 2.45) is 0 Å². The quantitative estimate of drug-likeness (QED) is 0.854. The average molecular weight is 320 g/mol. The molecule has 24 heavy (non-hydrogen) atoms. The fourth-order valence-electron chi connectivity index (χ4n) is 2.43. The van der Waals surface area contributed by atoms with Crippen LogP contribution >= 0.6 is 0 Å². The number of hydrogen-bond donors (Lipinski definition) is 2. The van der Waals surface area contributed by atoms with Gasteiger partial charge in [0.1, 0.15) is 5.75 Å². The van der Waals surface area contributed by atoms with E-state index in [1.54, 1.807) is 0 Å². The highest BCUT2D eigenvalue weighted by molar-refractivity contribution is 5.95. The lowest BCUT2D eigenvalue weighted by Gasteiger charge is -2.08. The van der Waals surface area contributed by atoms with Gasteiger partial charge in [-0.2, -0.15) is 0 Å². The first kappa shape index (κ1) is 16.1. The minimum Gasteiger partial charge on any atom is -0.505 e. The molecule has 4 heteroatoms. The number of aromatic hydroxyl groups is 1. The number of amides is 1. The first-order valence-corrected chi connectivity index (χ1v) is 8.15. The van der Waals surface area contributed by atoms with E-state index in [0.29, 0.717) is 5.56 Å². The van der Waals surface area contributed by atoms with Crippen molar-refractivity contribution in [3.05, 3.63) is 58.9 Å². The van der Waals surface area contributed by atoms with Crippen LogP contribution in [0.1, 0.15) is 59.8 Å². The van der Waals surface area contributed by atoms with Gasteiger partial charge in [-0.3, -0.25) is 4.79 Å². The molecule has 3 rings (SSSR count). The molecule has 2 N–H and O–H groups in total. The van der Waals surface area contributed by atoms with E-state index < -0.39 is 5.91 Å². The topological polar surface area (TPSA) is 62.2 Å². The lowest BCUT2D eigenvalue weighted by Crippen LogP contribution is -2.30. The van der Waals surface area contributed by atoms with Crippen molar-refractivity contribution in [3.63, 3.8) is 0 Å². The van der Waals surface area contributed by atoms with E-state index in [1.807, 2.05) is 26.0 Å². The maximum atomic E-state index is 11.9. The Kier molecular flexibility index (Phi) is 4.52. The number of carbonyl (C=O) groups excluding carboxylic acids is 1. The number of benzene rings is 1. The molecule has 1 heterocycles. The van der Waals surface area contributed by atoms with E-state index in [4.69, 9.17) is 0 Å². The Hall–Kier alpha value is -2.80. The molecular formula is C20H20N2O2. The van der Waals surface area contributed by atoms with Crippen LogP contribution in [-0.4, -0.2) is 22.0 Å². The maximum Gasteiger partial charge on any atom is 0.273 e. The van der Waals surface area contributed by atoms with Gasteiger partial charge in [-0.25, -0.2) is 4.98 Å². The van der Waals surface area contributed by atoms with Gasteiger partial charge < -0.3 is 10.4 Å². The van der Waals surface area contributed by atoms with Crippen molar-refractivity contribution in [1.82, 2.24) is 10.3 Å². The highest BCUT2D eigenvalue weighted by Gasteiger charge is 2.22. The van der Waals surface area contributed by atoms with E-state index >= 15 is 0 Å². The zero-order valence-electron chi connectivity index (χ0n) is 13.8. The molecule has 1 aliphatic rings. The summed E-state index contributed by atoms with van der Waals surface area (Å²) >= 11 is 0. The summed E-state index contributed by atoms with van der Waals surface area (Å²) in [6.07, 6.45) is 4.07. The number of pyridine rings is 1. The summed E-state index contributed by atoms with van der Waals surface area (Å²) in [5, 5.41) is 12.7. The number of nitrogens with zero attached hydrogens (tertiary/aromatic N) is 1.